The number of piperazine rings is 1. The van der Waals surface area contributed by atoms with E-state index in [1.54, 1.807) is 12.7 Å². The highest BCUT2D eigenvalue weighted by Gasteiger charge is 2.39. The van der Waals surface area contributed by atoms with E-state index < -0.39 is 5.66 Å². The zero-order valence-corrected chi connectivity index (χ0v) is 17.5. The van der Waals surface area contributed by atoms with Gasteiger partial charge in [0, 0.05) is 63.6 Å². The maximum absolute atomic E-state index is 12.6. The molecule has 0 bridgehead atoms. The highest BCUT2D eigenvalue weighted by Crippen LogP contribution is 2.37. The van der Waals surface area contributed by atoms with Crippen molar-refractivity contribution in [3.8, 4) is 18.2 Å². The minimum Gasteiger partial charge on any atom is -0.353 e. The van der Waals surface area contributed by atoms with Crippen LogP contribution in [-0.2, 0) is 4.79 Å². The Bertz CT molecular complexity index is 991. The molecule has 0 aromatic carbocycles. The number of aryl methyl sites for hydroxylation is 1. The van der Waals surface area contributed by atoms with Gasteiger partial charge in [-0.3, -0.25) is 9.36 Å². The third kappa shape index (κ3) is 4.17. The molecule has 2 aromatic rings. The summed E-state index contributed by atoms with van der Waals surface area (Å²) < 4.78 is 1.96. The van der Waals surface area contributed by atoms with E-state index in [1.165, 1.54) is 0 Å². The van der Waals surface area contributed by atoms with Crippen molar-refractivity contribution in [3.63, 3.8) is 0 Å². The van der Waals surface area contributed by atoms with Crippen LogP contribution in [0.4, 0.5) is 5.82 Å². The highest BCUT2D eigenvalue weighted by molar-refractivity contribution is 5.76. The fourth-order valence-electron chi connectivity index (χ4n) is 3.69. The molecule has 1 fully saturated rings. The maximum Gasteiger partial charge on any atom is 0.222 e. The van der Waals surface area contributed by atoms with Gasteiger partial charge in [-0.1, -0.05) is 0 Å². The van der Waals surface area contributed by atoms with Gasteiger partial charge in [-0.15, -0.1) is 12.3 Å². The van der Waals surface area contributed by atoms with Gasteiger partial charge >= 0.3 is 0 Å². The molecule has 4 rings (SSSR count). The van der Waals surface area contributed by atoms with Crippen LogP contribution in [0.2, 0.25) is 0 Å². The van der Waals surface area contributed by atoms with E-state index in [0.717, 1.165) is 42.5 Å². The molecule has 4 heterocycles. The highest BCUT2D eigenvalue weighted by atomic mass is 16.2. The summed E-state index contributed by atoms with van der Waals surface area (Å²) in [6.45, 7) is 6.82. The van der Waals surface area contributed by atoms with E-state index in [4.69, 9.17) is 6.42 Å². The minimum atomic E-state index is -0.398. The van der Waals surface area contributed by atoms with Crippen LogP contribution in [0.15, 0.2) is 28.9 Å². The number of rotatable bonds is 7. The zero-order chi connectivity index (χ0) is 21.1. The molecule has 0 saturated carbocycles. The minimum absolute atomic E-state index is 0.153. The van der Waals surface area contributed by atoms with Crippen molar-refractivity contribution in [2.75, 3.05) is 31.1 Å². The number of carbonyl (C=O) groups excluding carboxylic acids is 1. The molecular weight excluding hydrogens is 380 g/mol. The predicted octanol–water partition coefficient (Wildman–Crippen LogP) is 2.28. The van der Waals surface area contributed by atoms with Crippen LogP contribution >= 0.6 is 0 Å². The van der Waals surface area contributed by atoms with Gasteiger partial charge in [-0.25, -0.2) is 15.0 Å². The van der Waals surface area contributed by atoms with E-state index in [-0.39, 0.29) is 5.91 Å². The lowest BCUT2D eigenvalue weighted by Gasteiger charge is -2.35. The molecule has 9 nitrogen and oxygen atoms in total. The molecule has 0 atom stereocenters. The SMILES string of the molecule is C#CCCC1(CCC(=O)N2CCN(c3cc(-n4cnc(C)c4C)ncn3)CC2)N=N1. The van der Waals surface area contributed by atoms with Crippen molar-refractivity contribution in [1.82, 2.24) is 24.4 Å². The first-order chi connectivity index (χ1) is 14.5. The van der Waals surface area contributed by atoms with Crippen molar-refractivity contribution >= 4 is 11.7 Å². The Morgan fingerprint density at radius 3 is 2.47 bits per heavy atom. The van der Waals surface area contributed by atoms with E-state index in [1.807, 2.05) is 29.4 Å². The third-order valence-corrected chi connectivity index (χ3v) is 5.89. The van der Waals surface area contributed by atoms with Crippen molar-refractivity contribution in [3.05, 3.63) is 30.1 Å². The molecule has 2 aliphatic rings. The average Bonchev–Trinajstić information content (AvgIpc) is 3.48. The Morgan fingerprint density at radius 1 is 1.10 bits per heavy atom. The molecule has 0 aliphatic carbocycles. The van der Waals surface area contributed by atoms with Gasteiger partial charge in [0.05, 0.1) is 5.69 Å². The summed E-state index contributed by atoms with van der Waals surface area (Å²) in [7, 11) is 0. The number of anilines is 1. The number of aromatic nitrogens is 4. The van der Waals surface area contributed by atoms with Gasteiger partial charge in [0.1, 0.15) is 24.3 Å². The second-order valence-electron chi connectivity index (χ2n) is 7.77. The van der Waals surface area contributed by atoms with Crippen LogP contribution in [0.5, 0.6) is 0 Å². The van der Waals surface area contributed by atoms with Gasteiger partial charge in [-0.05, 0) is 13.8 Å². The Hall–Kier alpha value is -3.28. The maximum atomic E-state index is 12.6. The van der Waals surface area contributed by atoms with E-state index in [0.29, 0.717) is 32.4 Å². The summed E-state index contributed by atoms with van der Waals surface area (Å²) in [6, 6.07) is 1.97. The lowest BCUT2D eigenvalue weighted by atomic mass is 10.0. The molecule has 0 unspecified atom stereocenters. The second-order valence-corrected chi connectivity index (χ2v) is 7.77. The molecule has 2 aliphatic heterocycles. The van der Waals surface area contributed by atoms with Gasteiger partial charge in [0.25, 0.3) is 0 Å². The zero-order valence-electron chi connectivity index (χ0n) is 17.5. The van der Waals surface area contributed by atoms with Crippen LogP contribution in [0, 0.1) is 26.2 Å². The molecule has 0 spiro atoms. The number of terminal acetylenes is 1. The fraction of sp³-hybridized carbons (Fsp3) is 0.524. The summed E-state index contributed by atoms with van der Waals surface area (Å²) in [4.78, 5) is 29.9. The van der Waals surface area contributed by atoms with E-state index in [9.17, 15) is 4.79 Å². The van der Waals surface area contributed by atoms with Crippen molar-refractivity contribution in [2.45, 2.75) is 45.2 Å². The summed E-state index contributed by atoms with van der Waals surface area (Å²) in [5.41, 5.74) is 1.64. The molecular formula is C21H26N8O. The fourth-order valence-corrected chi connectivity index (χ4v) is 3.69. The Kier molecular flexibility index (Phi) is 5.48. The first-order valence-corrected chi connectivity index (χ1v) is 10.2. The quantitative estimate of drug-likeness (QED) is 0.658. The largest absolute Gasteiger partial charge is 0.353 e. The number of hydrogen-bond acceptors (Lipinski definition) is 7. The molecule has 0 N–H and O–H groups in total. The summed E-state index contributed by atoms with van der Waals surface area (Å²) >= 11 is 0. The molecule has 2 aromatic heterocycles. The molecule has 1 saturated heterocycles. The molecule has 9 heteroatoms. The Balaban J connectivity index is 1.31. The molecule has 156 valence electrons. The van der Waals surface area contributed by atoms with Gasteiger partial charge in [0.2, 0.25) is 5.91 Å². The van der Waals surface area contributed by atoms with Crippen LogP contribution in [0.3, 0.4) is 0 Å². The van der Waals surface area contributed by atoms with E-state index in [2.05, 4.69) is 36.0 Å². The van der Waals surface area contributed by atoms with Crippen molar-refractivity contribution in [1.29, 1.82) is 0 Å². The van der Waals surface area contributed by atoms with Gasteiger partial charge < -0.3 is 9.80 Å². The lowest BCUT2D eigenvalue weighted by Crippen LogP contribution is -2.49. The monoisotopic (exact) mass is 406 g/mol. The number of amides is 1. The van der Waals surface area contributed by atoms with Crippen LogP contribution in [0.25, 0.3) is 5.82 Å². The summed E-state index contributed by atoms with van der Waals surface area (Å²) in [5, 5.41) is 8.22. The van der Waals surface area contributed by atoms with E-state index >= 15 is 0 Å². The normalized spacial score (nSPS) is 17.1. The first-order valence-electron chi connectivity index (χ1n) is 10.2. The number of hydrogen-bond donors (Lipinski definition) is 0. The van der Waals surface area contributed by atoms with Gasteiger partial charge in [-0.2, -0.15) is 10.2 Å². The third-order valence-electron chi connectivity index (χ3n) is 5.89. The van der Waals surface area contributed by atoms with Crippen LogP contribution < -0.4 is 4.90 Å². The van der Waals surface area contributed by atoms with Crippen LogP contribution in [-0.4, -0.2) is 62.2 Å². The lowest BCUT2D eigenvalue weighted by molar-refractivity contribution is -0.131. The van der Waals surface area contributed by atoms with Gasteiger partial charge in [0.15, 0.2) is 5.66 Å². The Labute approximate surface area is 176 Å². The molecule has 1 amide bonds. The number of imidazole rings is 1. The van der Waals surface area contributed by atoms with Crippen LogP contribution in [0.1, 0.15) is 37.1 Å². The first kappa shape index (κ1) is 20.0. The van der Waals surface area contributed by atoms with Crippen molar-refractivity contribution in [2.24, 2.45) is 10.2 Å². The summed E-state index contributed by atoms with van der Waals surface area (Å²) in [6.07, 6.45) is 11.1. The predicted molar refractivity (Wildman–Crippen MR) is 112 cm³/mol. The molecule has 0 radical (unpaired) electrons. The topological polar surface area (TPSA) is 91.9 Å². The standard InChI is InChI=1S/C21H26N8O/c1-4-5-7-21(25-26-21)8-6-20(30)28-11-9-27(10-12-28)18-13-19(23-14-22-18)29-15-24-16(2)17(29)3/h1,13-15H,5-12H2,2-3H3. The van der Waals surface area contributed by atoms with Crippen molar-refractivity contribution < 1.29 is 4.79 Å². The smallest absolute Gasteiger partial charge is 0.222 e. The number of nitrogens with zero attached hydrogens (tertiary/aromatic N) is 8. The molecule has 30 heavy (non-hydrogen) atoms. The average molecular weight is 406 g/mol. The number of carbonyl (C=O) groups is 1. The summed E-state index contributed by atoms with van der Waals surface area (Å²) in [5.74, 6) is 4.43. The second kappa shape index (κ2) is 8.22. The Morgan fingerprint density at radius 2 is 1.83 bits per heavy atom.